The van der Waals surface area contributed by atoms with Crippen molar-refractivity contribution in [1.29, 1.82) is 0 Å². The molecule has 0 rings (SSSR count). The first kappa shape index (κ1) is 23.0. The highest BCUT2D eigenvalue weighted by Gasteiger charge is 2.23. The lowest BCUT2D eigenvalue weighted by atomic mass is 10.1. The van der Waals surface area contributed by atoms with Crippen LogP contribution in [0.2, 0.25) is 0 Å². The summed E-state index contributed by atoms with van der Waals surface area (Å²) in [4.78, 5) is 0. The molecular formula is C22H42NO+. The van der Waals surface area contributed by atoms with Gasteiger partial charge >= 0.3 is 0 Å². The van der Waals surface area contributed by atoms with Crippen LogP contribution in [0.25, 0.3) is 0 Å². The Morgan fingerprint density at radius 2 is 1.21 bits per heavy atom. The highest BCUT2D eigenvalue weighted by Crippen LogP contribution is 2.14. The molecular weight excluding hydrogens is 294 g/mol. The van der Waals surface area contributed by atoms with Gasteiger partial charge in [-0.15, -0.1) is 0 Å². The molecule has 2 nitrogen and oxygen atoms in total. The molecule has 0 N–H and O–H groups in total. The lowest BCUT2D eigenvalue weighted by Crippen LogP contribution is -2.50. The van der Waals surface area contributed by atoms with Gasteiger partial charge in [0.1, 0.15) is 13.2 Å². The van der Waals surface area contributed by atoms with E-state index in [0.29, 0.717) is 0 Å². The molecule has 0 radical (unpaired) electrons. The average molecular weight is 337 g/mol. The molecule has 140 valence electrons. The molecule has 0 aliphatic carbocycles. The summed E-state index contributed by atoms with van der Waals surface area (Å²) in [5.74, 6) is 0. The van der Waals surface area contributed by atoms with Crippen LogP contribution in [0, 0.1) is 0 Å². The first-order chi connectivity index (χ1) is 11.7. The third-order valence-corrected chi connectivity index (χ3v) is 4.82. The van der Waals surface area contributed by atoms with Gasteiger partial charge in [-0.3, -0.25) is 0 Å². The maximum atomic E-state index is 5.36. The Bertz CT molecular complexity index is 301. The minimum atomic E-state index is 0.725. The minimum absolute atomic E-state index is 0.725. The molecule has 0 aromatic carbocycles. The van der Waals surface area contributed by atoms with E-state index >= 15 is 0 Å². The fourth-order valence-corrected chi connectivity index (χ4v) is 3.36. The highest BCUT2D eigenvalue weighted by atomic mass is 16.5. The fraction of sp³-hybridized carbons (Fsp3) is 0.727. The van der Waals surface area contributed by atoms with Crippen LogP contribution in [0.4, 0.5) is 0 Å². The molecule has 0 amide bonds. The van der Waals surface area contributed by atoms with Crippen LogP contribution in [0.1, 0.15) is 71.1 Å². The van der Waals surface area contributed by atoms with E-state index in [2.05, 4.69) is 26.7 Å². The highest BCUT2D eigenvalue weighted by molar-refractivity contribution is 4.72. The largest absolute Gasteiger partial charge is 0.496 e. The third-order valence-electron chi connectivity index (χ3n) is 4.82. The Morgan fingerprint density at radius 1 is 0.708 bits per heavy atom. The van der Waals surface area contributed by atoms with Crippen molar-refractivity contribution in [2.24, 2.45) is 0 Å². The van der Waals surface area contributed by atoms with Crippen molar-refractivity contribution in [3.05, 3.63) is 38.2 Å². The Hall–Kier alpha value is -1.02. The quantitative estimate of drug-likeness (QED) is 0.117. The molecule has 0 saturated heterocycles. The second-order valence-electron chi connectivity index (χ2n) is 6.95. The molecule has 0 heterocycles. The van der Waals surface area contributed by atoms with E-state index in [1.165, 1.54) is 77.0 Å². The number of nitrogens with zero attached hydrogens (tertiary/aromatic N) is 1. The van der Waals surface area contributed by atoms with Crippen LogP contribution in [0.15, 0.2) is 38.2 Å². The number of hydrogen-bond donors (Lipinski definition) is 0. The molecule has 2 heteroatoms. The smallest absolute Gasteiger partial charge is 0.136 e. The molecule has 0 aliphatic heterocycles. The van der Waals surface area contributed by atoms with Gasteiger partial charge in [-0.25, -0.2) is 0 Å². The van der Waals surface area contributed by atoms with Gasteiger partial charge in [0.05, 0.1) is 25.9 Å². The van der Waals surface area contributed by atoms with E-state index < -0.39 is 0 Å². The van der Waals surface area contributed by atoms with Gasteiger partial charge in [-0.05, 0) is 25.0 Å². The Balaban J connectivity index is 3.93. The summed E-state index contributed by atoms with van der Waals surface area (Å²) in [6.07, 6.45) is 19.4. The number of rotatable bonds is 19. The summed E-state index contributed by atoms with van der Waals surface area (Å²) in [5, 5.41) is 0. The predicted octanol–water partition coefficient (Wildman–Crippen LogP) is 6.26. The Kier molecular flexibility index (Phi) is 16.1. The number of quaternary nitrogens is 1. The normalized spacial score (nSPS) is 11.2. The molecule has 0 unspecified atom stereocenters. The van der Waals surface area contributed by atoms with Gasteiger partial charge in [-0.1, -0.05) is 78.0 Å². The van der Waals surface area contributed by atoms with Crippen molar-refractivity contribution in [3.8, 4) is 0 Å². The van der Waals surface area contributed by atoms with Gasteiger partial charge in [-0.2, -0.15) is 0 Å². The summed E-state index contributed by atoms with van der Waals surface area (Å²) in [7, 11) is 0. The van der Waals surface area contributed by atoms with E-state index in [0.717, 1.165) is 30.7 Å². The lowest BCUT2D eigenvalue weighted by molar-refractivity contribution is -0.917. The van der Waals surface area contributed by atoms with Gasteiger partial charge in [0.25, 0.3) is 0 Å². The van der Waals surface area contributed by atoms with E-state index in [1.54, 1.807) is 0 Å². The van der Waals surface area contributed by atoms with Crippen LogP contribution in [-0.4, -0.2) is 37.3 Å². The number of hydrogen-bond acceptors (Lipinski definition) is 1. The standard InChI is InChI=1S/C22H42NO/c1-5-9-10-11-12-13-14-15-16-17-20-23(18-6-2,19-7-3)21-22-24-8-4/h6-8H,2-5,9-22H2,1H3/q+1. The first-order valence-electron chi connectivity index (χ1n) is 10.0. The second kappa shape index (κ2) is 16.8. The zero-order valence-corrected chi connectivity index (χ0v) is 16.3. The van der Waals surface area contributed by atoms with Crippen molar-refractivity contribution >= 4 is 0 Å². The van der Waals surface area contributed by atoms with E-state index in [-0.39, 0.29) is 0 Å². The Morgan fingerprint density at radius 3 is 1.67 bits per heavy atom. The fourth-order valence-electron chi connectivity index (χ4n) is 3.36. The average Bonchev–Trinajstić information content (AvgIpc) is 2.57. The number of unbranched alkanes of at least 4 members (excludes halogenated alkanes) is 9. The predicted molar refractivity (Wildman–Crippen MR) is 108 cm³/mol. The monoisotopic (exact) mass is 336 g/mol. The van der Waals surface area contributed by atoms with Crippen molar-refractivity contribution < 1.29 is 9.22 Å². The van der Waals surface area contributed by atoms with Crippen molar-refractivity contribution in [2.75, 3.05) is 32.8 Å². The zero-order chi connectivity index (χ0) is 17.9. The van der Waals surface area contributed by atoms with Crippen LogP contribution in [0.3, 0.4) is 0 Å². The molecule has 0 aromatic heterocycles. The SMILES string of the molecule is C=CC[N+](CC=C)(CCCCCCCCCCCC)CCOC=C. The molecule has 0 fully saturated rings. The van der Waals surface area contributed by atoms with Crippen molar-refractivity contribution in [1.82, 2.24) is 0 Å². The topological polar surface area (TPSA) is 9.23 Å². The molecule has 0 aliphatic rings. The number of ether oxygens (including phenoxy) is 1. The maximum Gasteiger partial charge on any atom is 0.136 e. The third kappa shape index (κ3) is 12.4. The summed E-state index contributed by atoms with van der Waals surface area (Å²) in [6, 6.07) is 0. The minimum Gasteiger partial charge on any atom is -0.496 e. The molecule has 24 heavy (non-hydrogen) atoms. The van der Waals surface area contributed by atoms with E-state index in [1.807, 2.05) is 12.2 Å². The molecule has 0 spiro atoms. The van der Waals surface area contributed by atoms with Crippen molar-refractivity contribution in [3.63, 3.8) is 0 Å². The summed E-state index contributed by atoms with van der Waals surface area (Å²) in [5.41, 5.74) is 0. The maximum absolute atomic E-state index is 5.36. The second-order valence-corrected chi connectivity index (χ2v) is 6.95. The summed E-state index contributed by atoms with van der Waals surface area (Å²) < 4.78 is 6.37. The van der Waals surface area contributed by atoms with Gasteiger partial charge < -0.3 is 9.22 Å². The van der Waals surface area contributed by atoms with Crippen molar-refractivity contribution in [2.45, 2.75) is 71.1 Å². The van der Waals surface area contributed by atoms with E-state index in [9.17, 15) is 0 Å². The zero-order valence-electron chi connectivity index (χ0n) is 16.3. The van der Waals surface area contributed by atoms with Crippen LogP contribution in [-0.2, 0) is 4.74 Å². The lowest BCUT2D eigenvalue weighted by Gasteiger charge is -2.37. The summed E-state index contributed by atoms with van der Waals surface area (Å²) in [6.45, 7) is 18.7. The molecule has 0 saturated carbocycles. The molecule has 0 atom stereocenters. The first-order valence-corrected chi connectivity index (χ1v) is 10.0. The molecule has 0 aromatic rings. The van der Waals surface area contributed by atoms with Gasteiger partial charge in [0, 0.05) is 0 Å². The van der Waals surface area contributed by atoms with Gasteiger partial charge in [0.15, 0.2) is 0 Å². The molecule has 0 bridgehead atoms. The van der Waals surface area contributed by atoms with Crippen LogP contribution >= 0.6 is 0 Å². The summed E-state index contributed by atoms with van der Waals surface area (Å²) >= 11 is 0. The van der Waals surface area contributed by atoms with Crippen LogP contribution < -0.4 is 0 Å². The van der Waals surface area contributed by atoms with Gasteiger partial charge in [0.2, 0.25) is 0 Å². The Labute approximate surface area is 151 Å². The van der Waals surface area contributed by atoms with Crippen LogP contribution in [0.5, 0.6) is 0 Å². The van der Waals surface area contributed by atoms with E-state index in [4.69, 9.17) is 4.74 Å².